The Labute approximate surface area is 174 Å². The van der Waals surface area contributed by atoms with Crippen molar-refractivity contribution in [1.29, 1.82) is 0 Å². The summed E-state index contributed by atoms with van der Waals surface area (Å²) in [6.07, 6.45) is 0.755. The predicted octanol–water partition coefficient (Wildman–Crippen LogP) is 2.81. The topological polar surface area (TPSA) is 75.5 Å². The van der Waals surface area contributed by atoms with Gasteiger partial charge in [-0.05, 0) is 38.3 Å². The molecule has 3 heterocycles. The fourth-order valence-electron chi connectivity index (χ4n) is 3.89. The van der Waals surface area contributed by atoms with Crippen molar-refractivity contribution in [3.8, 4) is 11.4 Å². The van der Waals surface area contributed by atoms with E-state index < -0.39 is 0 Å². The van der Waals surface area contributed by atoms with Gasteiger partial charge in [0.25, 0.3) is 5.56 Å². The highest BCUT2D eigenvalue weighted by molar-refractivity contribution is 5.77. The molecule has 0 amide bonds. The van der Waals surface area contributed by atoms with Crippen LogP contribution < -0.4 is 16.0 Å². The maximum absolute atomic E-state index is 13.4. The number of rotatable bonds is 5. The van der Waals surface area contributed by atoms with Gasteiger partial charge in [-0.15, -0.1) is 0 Å². The number of hydrogen-bond donors (Lipinski definition) is 0. The number of aryl methyl sites for hydroxylation is 2. The molecule has 3 aromatic heterocycles. The van der Waals surface area contributed by atoms with Crippen molar-refractivity contribution in [2.45, 2.75) is 40.7 Å². The standard InChI is InChI=1S/C22H27N5O3/c1-13(2)10-11-25-20(28)18-19(24(5)22(25)29)23-21-26(14(3)15(4)27(18)21)16-8-7-9-17(12-16)30-6/h7-9,12-13H,10-11H2,1-6H3. The van der Waals surface area contributed by atoms with Crippen molar-refractivity contribution in [2.75, 3.05) is 7.11 Å². The number of methoxy groups -OCH3 is 1. The Morgan fingerprint density at radius 3 is 2.53 bits per heavy atom. The molecule has 0 atom stereocenters. The van der Waals surface area contributed by atoms with E-state index in [1.165, 1.54) is 9.13 Å². The third-order valence-electron chi connectivity index (χ3n) is 5.76. The van der Waals surface area contributed by atoms with E-state index in [0.29, 0.717) is 29.4 Å². The van der Waals surface area contributed by atoms with Crippen molar-refractivity contribution in [2.24, 2.45) is 13.0 Å². The van der Waals surface area contributed by atoms with Crippen molar-refractivity contribution >= 4 is 16.9 Å². The maximum Gasteiger partial charge on any atom is 0.332 e. The summed E-state index contributed by atoms with van der Waals surface area (Å²) in [6.45, 7) is 8.50. The number of nitrogens with zero attached hydrogens (tertiary/aromatic N) is 5. The molecular weight excluding hydrogens is 382 g/mol. The number of benzene rings is 1. The summed E-state index contributed by atoms with van der Waals surface area (Å²) in [6, 6.07) is 7.68. The Kier molecular flexibility index (Phi) is 4.80. The highest BCUT2D eigenvalue weighted by Crippen LogP contribution is 2.26. The number of fused-ring (bicyclic) bond motifs is 3. The Balaban J connectivity index is 2.09. The third-order valence-corrected chi connectivity index (χ3v) is 5.76. The Hall–Kier alpha value is -3.29. The number of imidazole rings is 2. The minimum atomic E-state index is -0.337. The normalized spacial score (nSPS) is 11.8. The van der Waals surface area contributed by atoms with Crippen LogP contribution in [0.3, 0.4) is 0 Å². The molecule has 0 aliphatic rings. The number of ether oxygens (including phenoxy) is 1. The first-order valence-corrected chi connectivity index (χ1v) is 10.1. The first-order chi connectivity index (χ1) is 14.3. The van der Waals surface area contributed by atoms with Gasteiger partial charge in [0.1, 0.15) is 5.75 Å². The monoisotopic (exact) mass is 409 g/mol. The van der Waals surface area contributed by atoms with E-state index in [1.54, 1.807) is 14.2 Å². The quantitative estimate of drug-likeness (QED) is 0.508. The molecule has 30 heavy (non-hydrogen) atoms. The molecular formula is C22H27N5O3. The highest BCUT2D eigenvalue weighted by atomic mass is 16.5. The lowest BCUT2D eigenvalue weighted by Gasteiger charge is -2.10. The van der Waals surface area contributed by atoms with Crippen LogP contribution in [0, 0.1) is 19.8 Å². The minimum Gasteiger partial charge on any atom is -0.497 e. The van der Waals surface area contributed by atoms with E-state index >= 15 is 0 Å². The van der Waals surface area contributed by atoms with Crippen LogP contribution in [0.1, 0.15) is 31.7 Å². The number of hydrogen-bond acceptors (Lipinski definition) is 4. The predicted molar refractivity (Wildman–Crippen MR) is 117 cm³/mol. The molecule has 0 unspecified atom stereocenters. The summed E-state index contributed by atoms with van der Waals surface area (Å²) < 4.78 is 12.0. The first-order valence-electron chi connectivity index (χ1n) is 10.1. The van der Waals surface area contributed by atoms with Crippen LogP contribution in [0.5, 0.6) is 5.75 Å². The lowest BCUT2D eigenvalue weighted by Crippen LogP contribution is -2.39. The summed E-state index contributed by atoms with van der Waals surface area (Å²) >= 11 is 0. The van der Waals surface area contributed by atoms with E-state index in [-0.39, 0.29) is 11.2 Å². The third kappa shape index (κ3) is 2.86. The van der Waals surface area contributed by atoms with Crippen LogP contribution in [-0.4, -0.2) is 30.2 Å². The molecule has 0 saturated heterocycles. The van der Waals surface area contributed by atoms with Crippen LogP contribution >= 0.6 is 0 Å². The van der Waals surface area contributed by atoms with Gasteiger partial charge >= 0.3 is 5.69 Å². The molecule has 0 bridgehead atoms. The Morgan fingerprint density at radius 2 is 1.87 bits per heavy atom. The van der Waals surface area contributed by atoms with Crippen molar-refractivity contribution in [3.63, 3.8) is 0 Å². The second-order valence-corrected chi connectivity index (χ2v) is 8.11. The molecule has 4 rings (SSSR count). The fourth-order valence-corrected chi connectivity index (χ4v) is 3.89. The van der Waals surface area contributed by atoms with Gasteiger partial charge in [0, 0.05) is 31.0 Å². The summed E-state index contributed by atoms with van der Waals surface area (Å²) in [5, 5.41) is 0. The smallest absolute Gasteiger partial charge is 0.332 e. The van der Waals surface area contributed by atoms with Gasteiger partial charge in [-0.2, -0.15) is 4.98 Å². The van der Waals surface area contributed by atoms with Crippen LogP contribution in [0.4, 0.5) is 0 Å². The van der Waals surface area contributed by atoms with Crippen LogP contribution in [0.15, 0.2) is 33.9 Å². The molecule has 0 N–H and O–H groups in total. The minimum absolute atomic E-state index is 0.299. The SMILES string of the molecule is COc1cccc(-n2c(C)c(C)n3c4c(=O)n(CCC(C)C)c(=O)n(C)c4nc23)c1. The van der Waals surface area contributed by atoms with Gasteiger partial charge in [0.05, 0.1) is 12.8 Å². The first kappa shape index (κ1) is 20.0. The zero-order valence-electron chi connectivity index (χ0n) is 18.3. The summed E-state index contributed by atoms with van der Waals surface area (Å²) in [7, 11) is 3.29. The van der Waals surface area contributed by atoms with Crippen molar-refractivity contribution in [3.05, 3.63) is 56.5 Å². The average Bonchev–Trinajstić information content (AvgIpc) is 3.22. The molecule has 0 saturated carbocycles. The van der Waals surface area contributed by atoms with E-state index in [1.807, 2.05) is 47.1 Å². The van der Waals surface area contributed by atoms with Crippen LogP contribution in [0.2, 0.25) is 0 Å². The Morgan fingerprint density at radius 1 is 1.13 bits per heavy atom. The molecule has 0 aliphatic heterocycles. The second kappa shape index (κ2) is 7.19. The van der Waals surface area contributed by atoms with E-state index in [0.717, 1.165) is 29.2 Å². The van der Waals surface area contributed by atoms with Gasteiger partial charge in [0.2, 0.25) is 5.78 Å². The van der Waals surface area contributed by atoms with E-state index in [9.17, 15) is 9.59 Å². The zero-order valence-corrected chi connectivity index (χ0v) is 18.3. The summed E-state index contributed by atoms with van der Waals surface area (Å²) in [4.78, 5) is 30.9. The zero-order chi connectivity index (χ0) is 21.7. The van der Waals surface area contributed by atoms with Crippen molar-refractivity contribution < 1.29 is 4.74 Å². The van der Waals surface area contributed by atoms with Gasteiger partial charge in [-0.25, -0.2) is 4.79 Å². The average molecular weight is 409 g/mol. The van der Waals surface area contributed by atoms with Gasteiger partial charge in [-0.3, -0.25) is 22.9 Å². The Bertz CT molecular complexity index is 1380. The fraction of sp³-hybridized carbons (Fsp3) is 0.409. The lowest BCUT2D eigenvalue weighted by atomic mass is 10.1. The summed E-state index contributed by atoms with van der Waals surface area (Å²) in [5.74, 6) is 1.72. The largest absolute Gasteiger partial charge is 0.497 e. The second-order valence-electron chi connectivity index (χ2n) is 8.11. The molecule has 8 heteroatoms. The van der Waals surface area contributed by atoms with Gasteiger partial charge in [-0.1, -0.05) is 19.9 Å². The highest BCUT2D eigenvalue weighted by Gasteiger charge is 2.23. The van der Waals surface area contributed by atoms with Crippen LogP contribution in [0.25, 0.3) is 22.6 Å². The van der Waals surface area contributed by atoms with Gasteiger partial charge < -0.3 is 4.74 Å². The van der Waals surface area contributed by atoms with Crippen LogP contribution in [-0.2, 0) is 13.6 Å². The molecule has 8 nitrogen and oxygen atoms in total. The molecule has 0 radical (unpaired) electrons. The summed E-state index contributed by atoms with van der Waals surface area (Å²) in [5.41, 5.74) is 2.93. The molecule has 4 aromatic rings. The molecule has 158 valence electrons. The van der Waals surface area contributed by atoms with Gasteiger partial charge in [0.15, 0.2) is 11.2 Å². The molecule has 0 spiro atoms. The lowest BCUT2D eigenvalue weighted by molar-refractivity contribution is 0.414. The molecule has 1 aromatic carbocycles. The number of aromatic nitrogens is 5. The van der Waals surface area contributed by atoms with E-state index in [2.05, 4.69) is 13.8 Å². The van der Waals surface area contributed by atoms with E-state index in [4.69, 9.17) is 9.72 Å². The molecule has 0 aliphatic carbocycles. The maximum atomic E-state index is 13.4. The molecule has 0 fully saturated rings. The van der Waals surface area contributed by atoms with Crippen molar-refractivity contribution in [1.82, 2.24) is 23.1 Å².